The number of anilines is 1. The number of nitrogens with zero attached hydrogens (tertiary/aromatic N) is 3. The summed E-state index contributed by atoms with van der Waals surface area (Å²) < 4.78 is 15.2. The molecule has 0 spiro atoms. The Kier molecular flexibility index (Phi) is 5.46. The smallest absolute Gasteiger partial charge is 0.220 e. The molecular weight excluding hydrogens is 307 g/mol. The molecule has 1 atom stereocenters. The molecule has 1 unspecified atom stereocenters. The number of amides is 1. The van der Waals surface area contributed by atoms with Gasteiger partial charge in [0, 0.05) is 50.2 Å². The Morgan fingerprint density at radius 2 is 2.29 bits per heavy atom. The van der Waals surface area contributed by atoms with E-state index >= 15 is 0 Å². The van der Waals surface area contributed by atoms with E-state index in [1.54, 1.807) is 18.3 Å². The van der Waals surface area contributed by atoms with E-state index in [0.29, 0.717) is 6.42 Å². The molecule has 1 fully saturated rings. The SMILES string of the molecule is O=C(CCCn1cccn1)NC1CCCN(c2cccc(F)c2)C1. The van der Waals surface area contributed by atoms with Gasteiger partial charge >= 0.3 is 0 Å². The average Bonchev–Trinajstić information content (AvgIpc) is 3.08. The molecule has 5 nitrogen and oxygen atoms in total. The molecule has 2 heterocycles. The molecule has 6 heteroatoms. The highest BCUT2D eigenvalue weighted by atomic mass is 19.1. The topological polar surface area (TPSA) is 50.2 Å². The van der Waals surface area contributed by atoms with Crippen molar-refractivity contribution in [2.75, 3.05) is 18.0 Å². The van der Waals surface area contributed by atoms with Crippen molar-refractivity contribution >= 4 is 11.6 Å². The molecule has 128 valence electrons. The van der Waals surface area contributed by atoms with Crippen molar-refractivity contribution in [1.82, 2.24) is 15.1 Å². The van der Waals surface area contributed by atoms with Gasteiger partial charge in [-0.25, -0.2) is 4.39 Å². The third-order valence-electron chi connectivity index (χ3n) is 4.31. The summed E-state index contributed by atoms with van der Waals surface area (Å²) in [6.45, 7) is 2.38. The second-order valence-corrected chi connectivity index (χ2v) is 6.21. The van der Waals surface area contributed by atoms with E-state index in [2.05, 4.69) is 15.3 Å². The molecule has 1 saturated heterocycles. The monoisotopic (exact) mass is 330 g/mol. The van der Waals surface area contributed by atoms with Crippen LogP contribution in [0.1, 0.15) is 25.7 Å². The zero-order valence-electron chi connectivity index (χ0n) is 13.7. The minimum atomic E-state index is -0.225. The number of halogens is 1. The van der Waals surface area contributed by atoms with E-state index in [9.17, 15) is 9.18 Å². The summed E-state index contributed by atoms with van der Waals surface area (Å²) in [6, 6.07) is 8.64. The third-order valence-corrected chi connectivity index (χ3v) is 4.31. The van der Waals surface area contributed by atoms with Crippen LogP contribution in [0.5, 0.6) is 0 Å². The predicted molar refractivity (Wildman–Crippen MR) is 91.2 cm³/mol. The Bertz CT molecular complexity index is 659. The van der Waals surface area contributed by atoms with Crippen molar-refractivity contribution in [3.8, 4) is 0 Å². The van der Waals surface area contributed by atoms with Gasteiger partial charge in [0.25, 0.3) is 0 Å². The number of piperidine rings is 1. The van der Waals surface area contributed by atoms with Gasteiger partial charge in [-0.15, -0.1) is 0 Å². The molecule has 1 aromatic carbocycles. The van der Waals surface area contributed by atoms with Crippen LogP contribution in [0.2, 0.25) is 0 Å². The third kappa shape index (κ3) is 4.57. The summed E-state index contributed by atoms with van der Waals surface area (Å²) in [6.07, 6.45) is 6.87. The van der Waals surface area contributed by atoms with Crippen LogP contribution in [0.15, 0.2) is 42.7 Å². The Morgan fingerprint density at radius 3 is 3.08 bits per heavy atom. The second-order valence-electron chi connectivity index (χ2n) is 6.21. The molecule has 2 aromatic rings. The van der Waals surface area contributed by atoms with Crippen molar-refractivity contribution in [1.29, 1.82) is 0 Å². The second kappa shape index (κ2) is 7.95. The first-order valence-electron chi connectivity index (χ1n) is 8.48. The number of hydrogen-bond donors (Lipinski definition) is 1. The predicted octanol–water partition coefficient (Wildman–Crippen LogP) is 2.59. The molecule has 1 aromatic heterocycles. The van der Waals surface area contributed by atoms with E-state index in [1.807, 2.05) is 23.0 Å². The lowest BCUT2D eigenvalue weighted by atomic mass is 10.0. The molecular formula is C18H23FN4O. The van der Waals surface area contributed by atoms with Gasteiger partial charge in [-0.3, -0.25) is 9.48 Å². The van der Waals surface area contributed by atoms with Crippen LogP contribution < -0.4 is 10.2 Å². The number of carbonyl (C=O) groups is 1. The molecule has 0 aliphatic carbocycles. The summed E-state index contributed by atoms with van der Waals surface area (Å²) in [5.74, 6) is -0.148. The Balaban J connectivity index is 1.45. The van der Waals surface area contributed by atoms with Crippen LogP contribution in [0, 0.1) is 5.82 Å². The van der Waals surface area contributed by atoms with E-state index in [-0.39, 0.29) is 17.8 Å². The summed E-state index contributed by atoms with van der Waals surface area (Å²) in [5, 5.41) is 7.24. The van der Waals surface area contributed by atoms with E-state index in [1.165, 1.54) is 6.07 Å². The summed E-state index contributed by atoms with van der Waals surface area (Å²) in [5.41, 5.74) is 0.882. The number of aryl methyl sites for hydroxylation is 1. The highest BCUT2D eigenvalue weighted by Crippen LogP contribution is 2.20. The summed E-state index contributed by atoms with van der Waals surface area (Å²) in [4.78, 5) is 14.3. The lowest BCUT2D eigenvalue weighted by Gasteiger charge is -2.34. The van der Waals surface area contributed by atoms with Crippen molar-refractivity contribution < 1.29 is 9.18 Å². The van der Waals surface area contributed by atoms with Gasteiger partial charge in [-0.1, -0.05) is 6.07 Å². The van der Waals surface area contributed by atoms with Crippen LogP contribution in [0.25, 0.3) is 0 Å². The maximum Gasteiger partial charge on any atom is 0.220 e. The molecule has 24 heavy (non-hydrogen) atoms. The summed E-state index contributed by atoms with van der Waals surface area (Å²) in [7, 11) is 0. The van der Waals surface area contributed by atoms with E-state index in [0.717, 1.165) is 44.6 Å². The number of aromatic nitrogens is 2. The van der Waals surface area contributed by atoms with E-state index in [4.69, 9.17) is 0 Å². The van der Waals surface area contributed by atoms with Crippen LogP contribution in [0.3, 0.4) is 0 Å². The van der Waals surface area contributed by atoms with Gasteiger partial charge in [0.2, 0.25) is 5.91 Å². The highest BCUT2D eigenvalue weighted by Gasteiger charge is 2.21. The van der Waals surface area contributed by atoms with Crippen LogP contribution in [-0.4, -0.2) is 34.8 Å². The van der Waals surface area contributed by atoms with Gasteiger partial charge in [-0.05, 0) is 43.5 Å². The molecule has 0 radical (unpaired) electrons. The number of rotatable bonds is 6. The first-order valence-corrected chi connectivity index (χ1v) is 8.48. The molecule has 1 aliphatic heterocycles. The Hall–Kier alpha value is -2.37. The lowest BCUT2D eigenvalue weighted by molar-refractivity contribution is -0.122. The van der Waals surface area contributed by atoms with Gasteiger partial charge in [0.05, 0.1) is 0 Å². The number of hydrogen-bond acceptors (Lipinski definition) is 3. The fraction of sp³-hybridized carbons (Fsp3) is 0.444. The summed E-state index contributed by atoms with van der Waals surface area (Å²) >= 11 is 0. The van der Waals surface area contributed by atoms with Gasteiger partial charge in [-0.2, -0.15) is 5.10 Å². The Labute approximate surface area is 141 Å². The molecule has 1 amide bonds. The maximum atomic E-state index is 13.4. The average molecular weight is 330 g/mol. The molecule has 3 rings (SSSR count). The van der Waals surface area contributed by atoms with Crippen molar-refractivity contribution in [3.63, 3.8) is 0 Å². The minimum absolute atomic E-state index is 0.0771. The number of carbonyl (C=O) groups excluding carboxylic acids is 1. The van der Waals surface area contributed by atoms with Crippen LogP contribution >= 0.6 is 0 Å². The van der Waals surface area contributed by atoms with Crippen LogP contribution in [0.4, 0.5) is 10.1 Å². The van der Waals surface area contributed by atoms with Crippen molar-refractivity contribution in [2.24, 2.45) is 0 Å². The highest BCUT2D eigenvalue weighted by molar-refractivity contribution is 5.76. The zero-order valence-corrected chi connectivity index (χ0v) is 13.7. The molecule has 0 saturated carbocycles. The van der Waals surface area contributed by atoms with Gasteiger partial charge in [0.1, 0.15) is 5.82 Å². The van der Waals surface area contributed by atoms with E-state index < -0.39 is 0 Å². The first kappa shape index (κ1) is 16.5. The standard InChI is InChI=1S/C18H23FN4O/c19-15-5-1-7-17(13-15)22-10-2-6-16(14-22)21-18(24)8-3-11-23-12-4-9-20-23/h1,4-5,7,9,12-13,16H,2-3,6,8,10-11,14H2,(H,21,24). The quantitative estimate of drug-likeness (QED) is 0.886. The Morgan fingerprint density at radius 1 is 1.38 bits per heavy atom. The lowest BCUT2D eigenvalue weighted by Crippen LogP contribution is -2.47. The molecule has 1 N–H and O–H groups in total. The number of benzene rings is 1. The largest absolute Gasteiger partial charge is 0.369 e. The van der Waals surface area contributed by atoms with Gasteiger partial charge < -0.3 is 10.2 Å². The minimum Gasteiger partial charge on any atom is -0.369 e. The zero-order chi connectivity index (χ0) is 16.8. The fourth-order valence-electron chi connectivity index (χ4n) is 3.14. The van der Waals surface area contributed by atoms with Crippen molar-refractivity contribution in [3.05, 3.63) is 48.5 Å². The fourth-order valence-corrected chi connectivity index (χ4v) is 3.14. The van der Waals surface area contributed by atoms with Crippen molar-refractivity contribution in [2.45, 2.75) is 38.3 Å². The maximum absolute atomic E-state index is 13.4. The molecule has 0 bridgehead atoms. The normalized spacial score (nSPS) is 17.7. The van der Waals surface area contributed by atoms with Gasteiger partial charge in [0.15, 0.2) is 0 Å². The first-order chi connectivity index (χ1) is 11.7. The number of nitrogens with one attached hydrogen (secondary N) is 1. The van der Waals surface area contributed by atoms with Crippen LogP contribution in [-0.2, 0) is 11.3 Å². The molecule has 1 aliphatic rings.